The van der Waals surface area contributed by atoms with Gasteiger partial charge in [-0.1, -0.05) is 30.3 Å². The van der Waals surface area contributed by atoms with Gasteiger partial charge in [0.2, 0.25) is 10.0 Å². The van der Waals surface area contributed by atoms with Gasteiger partial charge in [-0.3, -0.25) is 0 Å². The molecule has 0 radical (unpaired) electrons. The molecule has 6 heteroatoms. The summed E-state index contributed by atoms with van der Waals surface area (Å²) in [6.45, 7) is 0.687. The van der Waals surface area contributed by atoms with Gasteiger partial charge in [0.1, 0.15) is 5.75 Å². The minimum Gasteiger partial charge on any atom is -0.494 e. The lowest BCUT2D eigenvalue weighted by molar-refractivity contribution is 0.318. The third kappa shape index (κ3) is 5.54. The molecule has 0 aliphatic rings. The molecule has 0 aliphatic carbocycles. The Morgan fingerprint density at radius 2 is 1.79 bits per heavy atom. The Balaban J connectivity index is 1.75. The standard InChI is InChI=1S/C18H23NO3S2/c1-19(2)24(20,21)18-11-6-8-16(14-18)15-23-13-7-12-22-17-9-4-3-5-10-17/h3-6,8-11,14H,7,12-13,15H2,1-2H3. The maximum absolute atomic E-state index is 12.1. The fraction of sp³-hybridized carbons (Fsp3) is 0.333. The van der Waals surface area contributed by atoms with Gasteiger partial charge in [0.05, 0.1) is 11.5 Å². The number of rotatable bonds is 9. The lowest BCUT2D eigenvalue weighted by atomic mass is 10.2. The van der Waals surface area contributed by atoms with E-state index in [9.17, 15) is 8.42 Å². The summed E-state index contributed by atoms with van der Waals surface area (Å²) in [5.74, 6) is 2.66. The van der Waals surface area contributed by atoms with Crippen molar-refractivity contribution in [3.8, 4) is 5.75 Å². The van der Waals surface area contributed by atoms with Gasteiger partial charge >= 0.3 is 0 Å². The molecule has 0 saturated heterocycles. The van der Waals surface area contributed by atoms with E-state index in [1.54, 1.807) is 44.1 Å². The van der Waals surface area contributed by atoms with Crippen LogP contribution in [0.5, 0.6) is 5.75 Å². The second kappa shape index (κ2) is 9.11. The van der Waals surface area contributed by atoms with Gasteiger partial charge in [-0.25, -0.2) is 12.7 Å². The molecular formula is C18H23NO3S2. The van der Waals surface area contributed by atoms with Crippen LogP contribution in [-0.2, 0) is 15.8 Å². The minimum absolute atomic E-state index is 0.345. The molecule has 0 amide bonds. The highest BCUT2D eigenvalue weighted by Crippen LogP contribution is 2.19. The largest absolute Gasteiger partial charge is 0.494 e. The smallest absolute Gasteiger partial charge is 0.242 e. The molecule has 2 rings (SSSR count). The van der Waals surface area contributed by atoms with Crippen molar-refractivity contribution >= 4 is 21.8 Å². The van der Waals surface area contributed by atoms with Crippen LogP contribution >= 0.6 is 11.8 Å². The molecule has 0 aliphatic heterocycles. The second-order valence-electron chi connectivity index (χ2n) is 5.50. The van der Waals surface area contributed by atoms with Crippen LogP contribution < -0.4 is 4.74 Å². The summed E-state index contributed by atoms with van der Waals surface area (Å²) in [7, 11) is -0.275. The summed E-state index contributed by atoms with van der Waals surface area (Å²) in [6.07, 6.45) is 0.954. The number of ether oxygens (including phenoxy) is 1. The Labute approximate surface area is 148 Å². The molecule has 0 fully saturated rings. The van der Waals surface area contributed by atoms with Crippen LogP contribution in [0.1, 0.15) is 12.0 Å². The Kier molecular flexibility index (Phi) is 7.15. The number of nitrogens with zero attached hydrogens (tertiary/aromatic N) is 1. The topological polar surface area (TPSA) is 46.6 Å². The number of benzene rings is 2. The number of hydrogen-bond donors (Lipinski definition) is 0. The molecule has 0 saturated carbocycles. The highest BCUT2D eigenvalue weighted by atomic mass is 32.2. The van der Waals surface area contributed by atoms with Crippen molar-refractivity contribution in [3.05, 3.63) is 60.2 Å². The van der Waals surface area contributed by atoms with Gasteiger partial charge in [-0.05, 0) is 42.0 Å². The molecule has 2 aromatic carbocycles. The van der Waals surface area contributed by atoms with E-state index in [-0.39, 0.29) is 0 Å². The predicted octanol–water partition coefficient (Wildman–Crippen LogP) is 3.64. The molecule has 0 N–H and O–H groups in total. The second-order valence-corrected chi connectivity index (χ2v) is 8.76. The first kappa shape index (κ1) is 18.8. The normalized spacial score (nSPS) is 11.6. The minimum atomic E-state index is -3.37. The van der Waals surface area contributed by atoms with Crippen LogP contribution in [0.15, 0.2) is 59.5 Å². The Morgan fingerprint density at radius 1 is 1.04 bits per heavy atom. The van der Waals surface area contributed by atoms with Gasteiger partial charge in [0.15, 0.2) is 0 Å². The zero-order valence-corrected chi connectivity index (χ0v) is 15.6. The fourth-order valence-corrected chi connectivity index (χ4v) is 3.92. The fourth-order valence-electron chi connectivity index (χ4n) is 2.06. The summed E-state index contributed by atoms with van der Waals surface area (Å²) < 4.78 is 31.2. The van der Waals surface area contributed by atoms with Crippen molar-refractivity contribution in [1.29, 1.82) is 0 Å². The molecule has 2 aromatic rings. The van der Waals surface area contributed by atoms with Gasteiger partial charge in [0, 0.05) is 19.8 Å². The van der Waals surface area contributed by atoms with Crippen molar-refractivity contribution < 1.29 is 13.2 Å². The molecule has 24 heavy (non-hydrogen) atoms. The summed E-state index contributed by atoms with van der Waals surface area (Å²) in [5.41, 5.74) is 1.02. The molecule has 0 bridgehead atoms. The number of sulfonamides is 1. The lowest BCUT2D eigenvalue weighted by Crippen LogP contribution is -2.22. The first-order valence-corrected chi connectivity index (χ1v) is 10.4. The number of hydrogen-bond acceptors (Lipinski definition) is 4. The van der Waals surface area contributed by atoms with Crippen molar-refractivity contribution in [1.82, 2.24) is 4.31 Å². The Hall–Kier alpha value is -1.50. The number of para-hydroxylation sites is 1. The SMILES string of the molecule is CN(C)S(=O)(=O)c1cccc(CSCCCOc2ccccc2)c1. The monoisotopic (exact) mass is 365 g/mol. The van der Waals surface area contributed by atoms with Crippen LogP contribution in [0.3, 0.4) is 0 Å². The zero-order chi connectivity index (χ0) is 17.4. The van der Waals surface area contributed by atoms with Gasteiger partial charge < -0.3 is 4.74 Å². The first-order valence-electron chi connectivity index (χ1n) is 7.77. The number of thioether (sulfide) groups is 1. The molecule has 0 aromatic heterocycles. The summed E-state index contributed by atoms with van der Waals surface area (Å²) in [4.78, 5) is 0.345. The van der Waals surface area contributed by atoms with Crippen molar-refractivity contribution in [2.45, 2.75) is 17.1 Å². The van der Waals surface area contributed by atoms with Crippen LogP contribution in [-0.4, -0.2) is 39.2 Å². The molecule has 0 spiro atoms. The van der Waals surface area contributed by atoms with E-state index in [0.717, 1.165) is 29.2 Å². The molecule has 0 heterocycles. The predicted molar refractivity (Wildman–Crippen MR) is 100 cm³/mol. The van der Waals surface area contributed by atoms with E-state index in [2.05, 4.69) is 0 Å². The highest BCUT2D eigenvalue weighted by molar-refractivity contribution is 7.98. The summed E-state index contributed by atoms with van der Waals surface area (Å²) in [6, 6.07) is 16.9. The lowest BCUT2D eigenvalue weighted by Gasteiger charge is -2.12. The van der Waals surface area contributed by atoms with Crippen LogP contribution in [0.4, 0.5) is 0 Å². The zero-order valence-electron chi connectivity index (χ0n) is 14.0. The van der Waals surface area contributed by atoms with E-state index in [0.29, 0.717) is 11.5 Å². The highest BCUT2D eigenvalue weighted by Gasteiger charge is 2.16. The Bertz CT molecular complexity index is 731. The average molecular weight is 366 g/mol. The first-order chi connectivity index (χ1) is 11.5. The van der Waals surface area contributed by atoms with Crippen LogP contribution in [0, 0.1) is 0 Å². The van der Waals surface area contributed by atoms with Crippen molar-refractivity contribution in [2.75, 3.05) is 26.5 Å². The van der Waals surface area contributed by atoms with E-state index in [4.69, 9.17) is 4.74 Å². The van der Waals surface area contributed by atoms with E-state index < -0.39 is 10.0 Å². The van der Waals surface area contributed by atoms with Crippen LogP contribution in [0.2, 0.25) is 0 Å². The molecule has 0 unspecified atom stereocenters. The van der Waals surface area contributed by atoms with Crippen LogP contribution in [0.25, 0.3) is 0 Å². The third-order valence-electron chi connectivity index (χ3n) is 3.39. The van der Waals surface area contributed by atoms with Crippen molar-refractivity contribution in [2.24, 2.45) is 0 Å². The molecule has 130 valence electrons. The quantitative estimate of drug-likeness (QED) is 0.637. The van der Waals surface area contributed by atoms with Gasteiger partial charge in [-0.15, -0.1) is 0 Å². The van der Waals surface area contributed by atoms with Gasteiger partial charge in [-0.2, -0.15) is 11.8 Å². The average Bonchev–Trinajstić information content (AvgIpc) is 2.59. The third-order valence-corrected chi connectivity index (χ3v) is 6.32. The van der Waals surface area contributed by atoms with Crippen molar-refractivity contribution in [3.63, 3.8) is 0 Å². The molecule has 4 nitrogen and oxygen atoms in total. The molecule has 0 atom stereocenters. The summed E-state index contributed by atoms with van der Waals surface area (Å²) >= 11 is 1.78. The van der Waals surface area contributed by atoms with Gasteiger partial charge in [0.25, 0.3) is 0 Å². The van der Waals surface area contributed by atoms with E-state index >= 15 is 0 Å². The van der Waals surface area contributed by atoms with E-state index in [1.165, 1.54) is 4.31 Å². The summed E-state index contributed by atoms with van der Waals surface area (Å²) in [5, 5.41) is 0. The molecular weight excluding hydrogens is 342 g/mol. The Morgan fingerprint density at radius 3 is 2.50 bits per heavy atom. The maximum atomic E-state index is 12.1. The van der Waals surface area contributed by atoms with E-state index in [1.807, 2.05) is 36.4 Å². The maximum Gasteiger partial charge on any atom is 0.242 e.